The van der Waals surface area contributed by atoms with Crippen molar-refractivity contribution < 1.29 is 19.4 Å². The third-order valence-electron chi connectivity index (χ3n) is 6.62. The first-order chi connectivity index (χ1) is 17.4. The molecule has 36 heavy (non-hydrogen) atoms. The van der Waals surface area contributed by atoms with Crippen molar-refractivity contribution in [2.75, 3.05) is 26.1 Å². The number of carbonyl (C=O) groups is 2. The minimum atomic E-state index is -0.739. The lowest BCUT2D eigenvalue weighted by atomic mass is 9.94. The highest BCUT2D eigenvalue weighted by atomic mass is 16.5. The molecule has 0 bridgehead atoms. The van der Waals surface area contributed by atoms with E-state index in [1.165, 1.54) is 4.90 Å². The van der Waals surface area contributed by atoms with Crippen LogP contribution in [0.4, 0.5) is 5.69 Å². The third kappa shape index (κ3) is 3.98. The van der Waals surface area contributed by atoms with Gasteiger partial charge < -0.3 is 24.6 Å². The summed E-state index contributed by atoms with van der Waals surface area (Å²) in [5, 5.41) is 12.2. The smallest absolute Gasteiger partial charge is 0.295 e. The number of aromatic amines is 1. The molecule has 0 saturated carbocycles. The minimum absolute atomic E-state index is 0.0795. The normalized spacial score (nSPS) is 17.1. The van der Waals surface area contributed by atoms with E-state index in [1.54, 1.807) is 13.3 Å². The molecule has 1 aliphatic rings. The van der Waals surface area contributed by atoms with Gasteiger partial charge in [-0.15, -0.1) is 0 Å². The molecule has 2 N–H and O–H groups in total. The lowest BCUT2D eigenvalue weighted by Gasteiger charge is -2.26. The Balaban J connectivity index is 1.64. The molecule has 0 spiro atoms. The second kappa shape index (κ2) is 9.26. The molecule has 2 heterocycles. The summed E-state index contributed by atoms with van der Waals surface area (Å²) in [6, 6.07) is 21.8. The van der Waals surface area contributed by atoms with Gasteiger partial charge in [0.15, 0.2) is 0 Å². The Kier molecular flexibility index (Phi) is 5.98. The molecule has 5 rings (SSSR count). The van der Waals surface area contributed by atoms with Crippen LogP contribution in [-0.4, -0.2) is 47.9 Å². The number of aliphatic hydroxyl groups excluding tert-OH is 1. The number of ketones is 1. The standard InChI is InChI=1S/C29H27N3O4/c1-31(2)20-12-10-19(11-13-20)26-25(27(33)23-16-30-24-7-5-4-6-22(23)24)28(34)29(35)32(26)17-18-8-14-21(36-3)15-9-18/h4-16,26,30,33H,17H2,1-3H3/b27-25-. The van der Waals surface area contributed by atoms with Crippen LogP contribution >= 0.6 is 0 Å². The van der Waals surface area contributed by atoms with Crippen molar-refractivity contribution in [3.63, 3.8) is 0 Å². The van der Waals surface area contributed by atoms with Gasteiger partial charge >= 0.3 is 0 Å². The predicted octanol–water partition coefficient (Wildman–Crippen LogP) is 4.86. The molecule has 4 aromatic rings. The molecule has 7 nitrogen and oxygen atoms in total. The summed E-state index contributed by atoms with van der Waals surface area (Å²) in [4.78, 5) is 33.4. The Hall–Kier alpha value is -4.52. The van der Waals surface area contributed by atoms with Crippen LogP contribution in [0.25, 0.3) is 16.7 Å². The van der Waals surface area contributed by atoms with E-state index in [0.29, 0.717) is 11.3 Å². The number of aromatic nitrogens is 1. The van der Waals surface area contributed by atoms with E-state index >= 15 is 0 Å². The van der Waals surface area contributed by atoms with E-state index in [0.717, 1.165) is 27.7 Å². The summed E-state index contributed by atoms with van der Waals surface area (Å²) < 4.78 is 5.24. The van der Waals surface area contributed by atoms with Gasteiger partial charge in [0.25, 0.3) is 11.7 Å². The summed E-state index contributed by atoms with van der Waals surface area (Å²) in [5.41, 5.74) is 3.98. The first-order valence-electron chi connectivity index (χ1n) is 11.6. The van der Waals surface area contributed by atoms with Crippen molar-refractivity contribution in [2.45, 2.75) is 12.6 Å². The molecule has 0 aliphatic carbocycles. The number of amides is 1. The van der Waals surface area contributed by atoms with Crippen molar-refractivity contribution in [2.24, 2.45) is 0 Å². The van der Waals surface area contributed by atoms with Gasteiger partial charge in [-0.3, -0.25) is 9.59 Å². The Morgan fingerprint density at radius 2 is 1.69 bits per heavy atom. The summed E-state index contributed by atoms with van der Waals surface area (Å²) in [6.07, 6.45) is 1.67. The number of fused-ring (bicyclic) bond motifs is 1. The average Bonchev–Trinajstić information content (AvgIpc) is 3.44. The molecular formula is C29H27N3O4. The van der Waals surface area contributed by atoms with E-state index in [4.69, 9.17) is 4.74 Å². The molecule has 1 fully saturated rings. The summed E-state index contributed by atoms with van der Waals surface area (Å²) in [7, 11) is 5.49. The number of hydrogen-bond acceptors (Lipinski definition) is 5. The number of nitrogens with zero attached hydrogens (tertiary/aromatic N) is 2. The number of anilines is 1. The van der Waals surface area contributed by atoms with Crippen LogP contribution in [0.3, 0.4) is 0 Å². The molecule has 182 valence electrons. The van der Waals surface area contributed by atoms with Gasteiger partial charge in [0.2, 0.25) is 0 Å². The number of nitrogens with one attached hydrogen (secondary N) is 1. The third-order valence-corrected chi connectivity index (χ3v) is 6.62. The zero-order valence-corrected chi connectivity index (χ0v) is 20.4. The molecule has 1 amide bonds. The molecule has 1 aliphatic heterocycles. The highest BCUT2D eigenvalue weighted by Gasteiger charge is 2.46. The first-order valence-corrected chi connectivity index (χ1v) is 11.6. The molecule has 1 aromatic heterocycles. The zero-order chi connectivity index (χ0) is 25.4. The number of Topliss-reactive ketones (excluding diaryl/α,β-unsaturated/α-hetero) is 1. The van der Waals surface area contributed by atoms with E-state index in [2.05, 4.69) is 4.98 Å². The lowest BCUT2D eigenvalue weighted by molar-refractivity contribution is -0.140. The van der Waals surface area contributed by atoms with Crippen LogP contribution in [-0.2, 0) is 16.1 Å². The van der Waals surface area contributed by atoms with Crippen LogP contribution in [0.15, 0.2) is 84.6 Å². The summed E-state index contributed by atoms with van der Waals surface area (Å²) in [5.74, 6) is -0.831. The predicted molar refractivity (Wildman–Crippen MR) is 140 cm³/mol. The number of hydrogen-bond donors (Lipinski definition) is 2. The molecule has 1 saturated heterocycles. The highest BCUT2D eigenvalue weighted by molar-refractivity contribution is 6.46. The summed E-state index contributed by atoms with van der Waals surface area (Å²) >= 11 is 0. The largest absolute Gasteiger partial charge is 0.507 e. The Morgan fingerprint density at radius 3 is 2.36 bits per heavy atom. The Labute approximate surface area is 209 Å². The molecule has 3 aromatic carbocycles. The van der Waals surface area contributed by atoms with Crippen LogP contribution in [0.2, 0.25) is 0 Å². The number of H-pyrrole nitrogens is 1. The number of benzene rings is 3. The van der Waals surface area contributed by atoms with Gasteiger partial charge in [-0.05, 0) is 41.5 Å². The van der Waals surface area contributed by atoms with Crippen molar-refractivity contribution >= 4 is 34.0 Å². The highest BCUT2D eigenvalue weighted by Crippen LogP contribution is 2.41. The maximum absolute atomic E-state index is 13.4. The molecule has 1 atom stereocenters. The SMILES string of the molecule is COc1ccc(CN2C(=O)C(=O)/C(=C(\O)c3c[nH]c4ccccc34)C2c2ccc(N(C)C)cc2)cc1. The van der Waals surface area contributed by atoms with Crippen LogP contribution < -0.4 is 9.64 Å². The van der Waals surface area contributed by atoms with Crippen LogP contribution in [0.1, 0.15) is 22.7 Å². The maximum Gasteiger partial charge on any atom is 0.295 e. The second-order valence-corrected chi connectivity index (χ2v) is 9.01. The topological polar surface area (TPSA) is 85.9 Å². The molecular weight excluding hydrogens is 454 g/mol. The van der Waals surface area contributed by atoms with Crippen LogP contribution in [0.5, 0.6) is 5.75 Å². The lowest BCUT2D eigenvalue weighted by Crippen LogP contribution is -2.29. The molecule has 0 radical (unpaired) electrons. The second-order valence-electron chi connectivity index (χ2n) is 9.01. The number of carbonyl (C=O) groups excluding carboxylic acids is 2. The maximum atomic E-state index is 13.4. The quantitative estimate of drug-likeness (QED) is 0.233. The number of methoxy groups -OCH3 is 1. The number of likely N-dealkylation sites (tertiary alicyclic amines) is 1. The van der Waals surface area contributed by atoms with Crippen molar-refractivity contribution in [3.8, 4) is 5.75 Å². The van der Waals surface area contributed by atoms with Gasteiger partial charge in [-0.1, -0.05) is 42.5 Å². The van der Waals surface area contributed by atoms with E-state index in [1.807, 2.05) is 91.8 Å². The van der Waals surface area contributed by atoms with Gasteiger partial charge in [0, 0.05) is 49.0 Å². The minimum Gasteiger partial charge on any atom is -0.507 e. The van der Waals surface area contributed by atoms with Gasteiger partial charge in [-0.2, -0.15) is 0 Å². The van der Waals surface area contributed by atoms with E-state index in [9.17, 15) is 14.7 Å². The van der Waals surface area contributed by atoms with Crippen molar-refractivity contribution in [3.05, 3.63) is 101 Å². The molecule has 1 unspecified atom stereocenters. The van der Waals surface area contributed by atoms with E-state index in [-0.39, 0.29) is 17.9 Å². The Bertz CT molecular complexity index is 1470. The fourth-order valence-electron chi connectivity index (χ4n) is 4.68. The van der Waals surface area contributed by atoms with Crippen molar-refractivity contribution in [1.29, 1.82) is 0 Å². The zero-order valence-electron chi connectivity index (χ0n) is 20.4. The van der Waals surface area contributed by atoms with Gasteiger partial charge in [0.05, 0.1) is 18.7 Å². The van der Waals surface area contributed by atoms with E-state index < -0.39 is 17.7 Å². The van der Waals surface area contributed by atoms with Crippen molar-refractivity contribution in [1.82, 2.24) is 9.88 Å². The Morgan fingerprint density at radius 1 is 1.00 bits per heavy atom. The monoisotopic (exact) mass is 481 g/mol. The fourth-order valence-corrected chi connectivity index (χ4v) is 4.68. The number of para-hydroxylation sites is 1. The summed E-state index contributed by atoms with van der Waals surface area (Å²) in [6.45, 7) is 0.208. The fraction of sp³-hybridized carbons (Fsp3) is 0.172. The molecule has 7 heteroatoms. The number of rotatable bonds is 6. The van der Waals surface area contributed by atoms with Gasteiger partial charge in [-0.25, -0.2) is 0 Å². The first kappa shape index (κ1) is 23.2. The van der Waals surface area contributed by atoms with Gasteiger partial charge in [0.1, 0.15) is 11.5 Å². The van der Waals surface area contributed by atoms with Crippen LogP contribution in [0, 0.1) is 0 Å². The average molecular weight is 482 g/mol. The number of aliphatic hydroxyl groups is 1. The number of ether oxygens (including phenoxy) is 1.